The first kappa shape index (κ1) is 14.9. The van der Waals surface area contributed by atoms with Crippen LogP contribution in [-0.2, 0) is 12.6 Å². The van der Waals surface area contributed by atoms with Gasteiger partial charge < -0.3 is 5.11 Å². The maximum atomic E-state index is 12.6. The minimum atomic E-state index is -4.37. The molecule has 106 valence electrons. The lowest BCUT2D eigenvalue weighted by Crippen LogP contribution is -2.07. The van der Waals surface area contributed by atoms with Gasteiger partial charge in [0, 0.05) is 11.4 Å². The lowest BCUT2D eigenvalue weighted by Gasteiger charge is -2.13. The van der Waals surface area contributed by atoms with Gasteiger partial charge in [-0.1, -0.05) is 41.9 Å². The fraction of sp³-hybridized carbons (Fsp3) is 0.200. The molecule has 0 heterocycles. The first-order valence-corrected chi connectivity index (χ1v) is 6.34. The molecule has 0 radical (unpaired) electrons. The van der Waals surface area contributed by atoms with Gasteiger partial charge in [0.25, 0.3) is 0 Å². The molecule has 0 amide bonds. The summed E-state index contributed by atoms with van der Waals surface area (Å²) < 4.78 is 37.8. The third-order valence-electron chi connectivity index (χ3n) is 2.94. The van der Waals surface area contributed by atoms with Crippen molar-refractivity contribution in [2.24, 2.45) is 0 Å². The Balaban J connectivity index is 2.15. The lowest BCUT2D eigenvalue weighted by molar-refractivity contribution is -0.137. The standard InChI is InChI=1S/C15H12ClF3O/c16-13-6-4-11(5-7-13)14(20)9-10-2-1-3-12(8-10)15(17,18)19/h1-8,14,20H,9H2/t14-/m1/s1. The summed E-state index contributed by atoms with van der Waals surface area (Å²) in [6, 6.07) is 11.5. The fourth-order valence-electron chi connectivity index (χ4n) is 1.90. The molecule has 0 bridgehead atoms. The Morgan fingerprint density at radius 2 is 1.70 bits per heavy atom. The molecule has 2 rings (SSSR count). The predicted molar refractivity (Wildman–Crippen MR) is 71.6 cm³/mol. The van der Waals surface area contributed by atoms with Crippen LogP contribution in [0.3, 0.4) is 0 Å². The van der Waals surface area contributed by atoms with E-state index in [-0.39, 0.29) is 6.42 Å². The largest absolute Gasteiger partial charge is 0.416 e. The smallest absolute Gasteiger partial charge is 0.388 e. The molecule has 0 aliphatic heterocycles. The molecule has 20 heavy (non-hydrogen) atoms. The number of rotatable bonds is 3. The second kappa shape index (κ2) is 5.85. The van der Waals surface area contributed by atoms with Crippen LogP contribution in [0.25, 0.3) is 0 Å². The summed E-state index contributed by atoms with van der Waals surface area (Å²) in [6.07, 6.45) is -5.12. The molecule has 1 N–H and O–H groups in total. The molecule has 0 aliphatic carbocycles. The zero-order chi connectivity index (χ0) is 14.8. The van der Waals surface area contributed by atoms with Crippen molar-refractivity contribution < 1.29 is 18.3 Å². The van der Waals surface area contributed by atoms with Gasteiger partial charge in [-0.25, -0.2) is 0 Å². The van der Waals surface area contributed by atoms with Crippen LogP contribution >= 0.6 is 11.6 Å². The molecule has 0 aromatic heterocycles. The Morgan fingerprint density at radius 1 is 1.05 bits per heavy atom. The molecule has 0 saturated heterocycles. The van der Waals surface area contributed by atoms with E-state index in [2.05, 4.69) is 0 Å². The zero-order valence-electron chi connectivity index (χ0n) is 10.4. The molecule has 5 heteroatoms. The number of alkyl halides is 3. The van der Waals surface area contributed by atoms with Gasteiger partial charge in [0.05, 0.1) is 11.7 Å². The van der Waals surface area contributed by atoms with Crippen molar-refractivity contribution in [2.75, 3.05) is 0 Å². The molecule has 1 atom stereocenters. The van der Waals surface area contributed by atoms with Crippen LogP contribution in [0.4, 0.5) is 13.2 Å². The van der Waals surface area contributed by atoms with E-state index in [0.29, 0.717) is 16.1 Å². The highest BCUT2D eigenvalue weighted by Gasteiger charge is 2.30. The monoisotopic (exact) mass is 300 g/mol. The van der Waals surface area contributed by atoms with E-state index in [4.69, 9.17) is 11.6 Å². The number of hydrogen-bond donors (Lipinski definition) is 1. The molecular formula is C15H12ClF3O. The van der Waals surface area contributed by atoms with E-state index < -0.39 is 17.8 Å². The van der Waals surface area contributed by atoms with Crippen molar-refractivity contribution in [3.8, 4) is 0 Å². The van der Waals surface area contributed by atoms with Crippen molar-refractivity contribution in [2.45, 2.75) is 18.7 Å². The molecule has 2 aromatic rings. The second-order valence-electron chi connectivity index (χ2n) is 4.47. The van der Waals surface area contributed by atoms with Crippen molar-refractivity contribution in [3.63, 3.8) is 0 Å². The Morgan fingerprint density at radius 3 is 2.30 bits per heavy atom. The van der Waals surface area contributed by atoms with Gasteiger partial charge in [0.2, 0.25) is 0 Å². The first-order chi connectivity index (χ1) is 9.36. The Kier molecular flexibility index (Phi) is 4.35. The van der Waals surface area contributed by atoms with Gasteiger partial charge in [0.15, 0.2) is 0 Å². The summed E-state index contributed by atoms with van der Waals surface area (Å²) in [4.78, 5) is 0. The van der Waals surface area contributed by atoms with Crippen molar-refractivity contribution >= 4 is 11.6 Å². The lowest BCUT2D eigenvalue weighted by atomic mass is 10.00. The maximum absolute atomic E-state index is 12.6. The van der Waals surface area contributed by atoms with Gasteiger partial charge in [-0.05, 0) is 29.3 Å². The van der Waals surface area contributed by atoms with E-state index in [1.165, 1.54) is 6.07 Å². The highest BCUT2D eigenvalue weighted by Crippen LogP contribution is 2.30. The summed E-state index contributed by atoms with van der Waals surface area (Å²) in [5.74, 6) is 0. The van der Waals surface area contributed by atoms with Crippen molar-refractivity contribution in [1.29, 1.82) is 0 Å². The topological polar surface area (TPSA) is 20.2 Å². The molecule has 0 spiro atoms. The summed E-state index contributed by atoms with van der Waals surface area (Å²) >= 11 is 5.74. The van der Waals surface area contributed by atoms with E-state index in [9.17, 15) is 18.3 Å². The number of aliphatic hydroxyl groups excluding tert-OH is 1. The predicted octanol–water partition coefficient (Wildman–Crippen LogP) is 4.63. The Bertz CT molecular complexity index is 578. The van der Waals surface area contributed by atoms with Crippen LogP contribution in [0.2, 0.25) is 5.02 Å². The van der Waals surface area contributed by atoms with Crippen LogP contribution < -0.4 is 0 Å². The van der Waals surface area contributed by atoms with E-state index in [1.54, 1.807) is 30.3 Å². The number of benzene rings is 2. The molecule has 2 aromatic carbocycles. The number of halogens is 4. The quantitative estimate of drug-likeness (QED) is 0.876. The van der Waals surface area contributed by atoms with Crippen LogP contribution in [-0.4, -0.2) is 5.11 Å². The van der Waals surface area contributed by atoms with Gasteiger partial charge in [-0.3, -0.25) is 0 Å². The van der Waals surface area contributed by atoms with Crippen LogP contribution in [0, 0.1) is 0 Å². The Labute approximate surface area is 119 Å². The molecule has 1 nitrogen and oxygen atoms in total. The second-order valence-corrected chi connectivity index (χ2v) is 4.91. The van der Waals surface area contributed by atoms with Crippen LogP contribution in [0.1, 0.15) is 22.8 Å². The maximum Gasteiger partial charge on any atom is 0.416 e. The molecular weight excluding hydrogens is 289 g/mol. The minimum absolute atomic E-state index is 0.117. The summed E-state index contributed by atoms with van der Waals surface area (Å²) in [5.41, 5.74) is 0.340. The third-order valence-corrected chi connectivity index (χ3v) is 3.19. The van der Waals surface area contributed by atoms with Crippen LogP contribution in [0.5, 0.6) is 0 Å². The average molecular weight is 301 g/mol. The highest BCUT2D eigenvalue weighted by atomic mass is 35.5. The molecule has 0 aliphatic rings. The third kappa shape index (κ3) is 3.74. The minimum Gasteiger partial charge on any atom is -0.388 e. The van der Waals surface area contributed by atoms with Gasteiger partial charge in [0.1, 0.15) is 0 Å². The first-order valence-electron chi connectivity index (χ1n) is 5.96. The van der Waals surface area contributed by atoms with Crippen molar-refractivity contribution in [3.05, 3.63) is 70.2 Å². The normalized spacial score (nSPS) is 13.2. The summed E-state index contributed by atoms with van der Waals surface area (Å²) in [5, 5.41) is 10.6. The number of aliphatic hydroxyl groups is 1. The van der Waals surface area contributed by atoms with Gasteiger partial charge in [-0.15, -0.1) is 0 Å². The molecule has 0 fully saturated rings. The van der Waals surface area contributed by atoms with Crippen LogP contribution in [0.15, 0.2) is 48.5 Å². The average Bonchev–Trinajstić information content (AvgIpc) is 2.38. The van der Waals surface area contributed by atoms with E-state index in [0.717, 1.165) is 12.1 Å². The SMILES string of the molecule is O[C@H](Cc1cccc(C(F)(F)F)c1)c1ccc(Cl)cc1. The van der Waals surface area contributed by atoms with Gasteiger partial charge in [-0.2, -0.15) is 13.2 Å². The molecule has 0 saturated carbocycles. The fourth-order valence-corrected chi connectivity index (χ4v) is 2.03. The number of hydrogen-bond acceptors (Lipinski definition) is 1. The van der Waals surface area contributed by atoms with E-state index in [1.807, 2.05) is 0 Å². The Hall–Kier alpha value is -1.52. The van der Waals surface area contributed by atoms with Crippen molar-refractivity contribution in [1.82, 2.24) is 0 Å². The molecule has 0 unspecified atom stereocenters. The highest BCUT2D eigenvalue weighted by molar-refractivity contribution is 6.30. The zero-order valence-corrected chi connectivity index (χ0v) is 11.1. The van der Waals surface area contributed by atoms with E-state index >= 15 is 0 Å². The van der Waals surface area contributed by atoms with Gasteiger partial charge >= 0.3 is 6.18 Å². The summed E-state index contributed by atoms with van der Waals surface area (Å²) in [6.45, 7) is 0. The summed E-state index contributed by atoms with van der Waals surface area (Å²) in [7, 11) is 0.